The molecule has 0 aliphatic heterocycles. The Morgan fingerprint density at radius 2 is 1.88 bits per heavy atom. The zero-order valence-corrected chi connectivity index (χ0v) is 11.8. The van der Waals surface area contributed by atoms with Crippen molar-refractivity contribution in [1.29, 1.82) is 0 Å². The summed E-state index contributed by atoms with van der Waals surface area (Å²) in [6, 6.07) is 0. The molecule has 0 bridgehead atoms. The van der Waals surface area contributed by atoms with Crippen LogP contribution < -0.4 is 5.56 Å². The number of nitrogens with zero attached hydrogens (tertiary/aromatic N) is 1. The number of H-pyrrole nitrogens is 1. The lowest BCUT2D eigenvalue weighted by Gasteiger charge is -2.04. The van der Waals surface area contributed by atoms with E-state index in [4.69, 9.17) is 0 Å². The second kappa shape index (κ2) is 6.08. The van der Waals surface area contributed by atoms with Crippen LogP contribution in [0.5, 0.6) is 0 Å². The second-order valence-corrected chi connectivity index (χ2v) is 5.57. The minimum absolute atomic E-state index is 0.180. The number of aryl methyl sites for hydroxylation is 1. The van der Waals surface area contributed by atoms with Gasteiger partial charge in [-0.1, -0.05) is 41.0 Å². The molecule has 0 unspecified atom stereocenters. The van der Waals surface area contributed by atoms with E-state index in [1.54, 1.807) is 4.68 Å². The maximum absolute atomic E-state index is 12.3. The summed E-state index contributed by atoms with van der Waals surface area (Å²) in [4.78, 5) is 12.3. The molecule has 1 rings (SSSR count). The Kier molecular flexibility index (Phi) is 5.03. The maximum atomic E-state index is 12.3. The van der Waals surface area contributed by atoms with Crippen molar-refractivity contribution in [2.75, 3.05) is 0 Å². The molecule has 0 spiro atoms. The van der Waals surface area contributed by atoms with Gasteiger partial charge in [0.1, 0.15) is 0 Å². The van der Waals surface area contributed by atoms with Gasteiger partial charge in [0.2, 0.25) is 0 Å². The van der Waals surface area contributed by atoms with Crippen molar-refractivity contribution in [3.8, 4) is 0 Å². The number of unbranched alkanes of at least 4 members (excludes halogenated alkanes) is 1. The molecule has 0 aliphatic rings. The normalized spacial score (nSPS) is 11.7. The summed E-state index contributed by atoms with van der Waals surface area (Å²) >= 11 is 0. The Bertz CT molecular complexity index is 399. The van der Waals surface area contributed by atoms with Gasteiger partial charge in [-0.25, -0.2) is 0 Å². The fourth-order valence-electron chi connectivity index (χ4n) is 2.18. The Hall–Kier alpha value is -0.990. The van der Waals surface area contributed by atoms with Gasteiger partial charge in [0.25, 0.3) is 5.56 Å². The first kappa shape index (κ1) is 14.1. The Balaban J connectivity index is 3.06. The lowest BCUT2D eigenvalue weighted by molar-refractivity contribution is 0.468. The van der Waals surface area contributed by atoms with Gasteiger partial charge in [-0.05, 0) is 24.7 Å². The lowest BCUT2D eigenvalue weighted by atomic mass is 10.0. The highest BCUT2D eigenvalue weighted by atomic mass is 16.1. The Labute approximate surface area is 104 Å². The zero-order chi connectivity index (χ0) is 13.0. The van der Waals surface area contributed by atoms with Gasteiger partial charge in [-0.15, -0.1) is 0 Å². The number of hydrogen-bond donors (Lipinski definition) is 1. The van der Waals surface area contributed by atoms with E-state index in [0.29, 0.717) is 11.8 Å². The van der Waals surface area contributed by atoms with Crippen molar-refractivity contribution in [2.45, 2.75) is 66.3 Å². The van der Waals surface area contributed by atoms with E-state index in [2.05, 4.69) is 39.7 Å². The molecular formula is C14H26N2O. The second-order valence-electron chi connectivity index (χ2n) is 5.57. The van der Waals surface area contributed by atoms with Gasteiger partial charge in [-0.3, -0.25) is 14.6 Å². The first-order valence-electron chi connectivity index (χ1n) is 6.78. The molecule has 1 aromatic heterocycles. The van der Waals surface area contributed by atoms with Crippen LogP contribution in [0.3, 0.4) is 0 Å². The fourth-order valence-corrected chi connectivity index (χ4v) is 2.18. The molecule has 98 valence electrons. The smallest absolute Gasteiger partial charge is 0.270 e. The highest BCUT2D eigenvalue weighted by Crippen LogP contribution is 2.16. The standard InChI is InChI=1S/C14H26N2O/c1-6-7-8-12-13(11(4)5)14(17)16(15-12)9-10(2)3/h10-11,15H,6-9H2,1-5H3. The summed E-state index contributed by atoms with van der Waals surface area (Å²) in [7, 11) is 0. The average molecular weight is 238 g/mol. The number of aromatic nitrogens is 2. The fraction of sp³-hybridized carbons (Fsp3) is 0.786. The van der Waals surface area contributed by atoms with Gasteiger partial charge >= 0.3 is 0 Å². The molecule has 1 aromatic rings. The molecular weight excluding hydrogens is 212 g/mol. The van der Waals surface area contributed by atoms with Crippen LogP contribution in [0.4, 0.5) is 0 Å². The Morgan fingerprint density at radius 3 is 2.35 bits per heavy atom. The van der Waals surface area contributed by atoms with Gasteiger partial charge in [-0.2, -0.15) is 0 Å². The molecule has 0 atom stereocenters. The van der Waals surface area contributed by atoms with E-state index in [0.717, 1.165) is 37.1 Å². The molecule has 0 aliphatic carbocycles. The monoisotopic (exact) mass is 238 g/mol. The average Bonchev–Trinajstić information content (AvgIpc) is 2.52. The van der Waals surface area contributed by atoms with Crippen LogP contribution in [0, 0.1) is 5.92 Å². The third-order valence-electron chi connectivity index (χ3n) is 2.98. The molecule has 1 N–H and O–H groups in total. The third-order valence-corrected chi connectivity index (χ3v) is 2.98. The number of hydrogen-bond acceptors (Lipinski definition) is 1. The molecule has 0 radical (unpaired) electrons. The summed E-state index contributed by atoms with van der Waals surface area (Å²) in [6.45, 7) is 11.4. The molecule has 0 saturated heterocycles. The first-order chi connectivity index (χ1) is 7.97. The molecule has 17 heavy (non-hydrogen) atoms. The van der Waals surface area contributed by atoms with Crippen LogP contribution in [-0.4, -0.2) is 9.78 Å². The van der Waals surface area contributed by atoms with Crippen molar-refractivity contribution >= 4 is 0 Å². The van der Waals surface area contributed by atoms with Crippen molar-refractivity contribution in [3.05, 3.63) is 21.6 Å². The van der Waals surface area contributed by atoms with Crippen LogP contribution in [0.1, 0.15) is 64.6 Å². The number of rotatable bonds is 6. The third kappa shape index (κ3) is 3.48. The van der Waals surface area contributed by atoms with Crippen LogP contribution in [0.15, 0.2) is 4.79 Å². The molecule has 0 saturated carbocycles. The number of aromatic amines is 1. The quantitative estimate of drug-likeness (QED) is 0.811. The SMILES string of the molecule is CCCCc1[nH]n(CC(C)C)c(=O)c1C(C)C. The van der Waals surface area contributed by atoms with Gasteiger partial charge < -0.3 is 0 Å². The predicted octanol–water partition coefficient (Wildman–Crippen LogP) is 3.30. The largest absolute Gasteiger partial charge is 0.299 e. The molecule has 0 fully saturated rings. The molecule has 1 heterocycles. The molecule has 0 amide bonds. The first-order valence-corrected chi connectivity index (χ1v) is 6.78. The summed E-state index contributed by atoms with van der Waals surface area (Å²) < 4.78 is 1.78. The zero-order valence-electron chi connectivity index (χ0n) is 11.8. The topological polar surface area (TPSA) is 37.8 Å². The van der Waals surface area contributed by atoms with Crippen molar-refractivity contribution in [3.63, 3.8) is 0 Å². The van der Waals surface area contributed by atoms with E-state index in [1.165, 1.54) is 0 Å². The van der Waals surface area contributed by atoms with E-state index < -0.39 is 0 Å². The van der Waals surface area contributed by atoms with Crippen molar-refractivity contribution in [2.24, 2.45) is 5.92 Å². The van der Waals surface area contributed by atoms with Gasteiger partial charge in [0.15, 0.2) is 0 Å². The summed E-state index contributed by atoms with van der Waals surface area (Å²) in [5.41, 5.74) is 2.31. The van der Waals surface area contributed by atoms with E-state index in [1.807, 2.05) is 0 Å². The summed E-state index contributed by atoms with van der Waals surface area (Å²) in [6.07, 6.45) is 3.29. The van der Waals surface area contributed by atoms with Crippen molar-refractivity contribution < 1.29 is 0 Å². The van der Waals surface area contributed by atoms with Gasteiger partial charge in [0.05, 0.1) is 0 Å². The van der Waals surface area contributed by atoms with Crippen LogP contribution in [0.2, 0.25) is 0 Å². The lowest BCUT2D eigenvalue weighted by Crippen LogP contribution is -2.22. The minimum Gasteiger partial charge on any atom is -0.299 e. The van der Waals surface area contributed by atoms with Gasteiger partial charge in [0, 0.05) is 17.8 Å². The van der Waals surface area contributed by atoms with Crippen LogP contribution >= 0.6 is 0 Å². The van der Waals surface area contributed by atoms with E-state index in [9.17, 15) is 4.79 Å². The minimum atomic E-state index is 0.180. The number of nitrogens with one attached hydrogen (secondary N) is 1. The molecule has 0 aromatic carbocycles. The van der Waals surface area contributed by atoms with Crippen LogP contribution in [-0.2, 0) is 13.0 Å². The van der Waals surface area contributed by atoms with Crippen molar-refractivity contribution in [1.82, 2.24) is 9.78 Å². The van der Waals surface area contributed by atoms with Crippen LogP contribution in [0.25, 0.3) is 0 Å². The molecule has 3 heteroatoms. The van der Waals surface area contributed by atoms with E-state index >= 15 is 0 Å². The van der Waals surface area contributed by atoms with E-state index in [-0.39, 0.29) is 5.56 Å². The predicted molar refractivity (Wildman–Crippen MR) is 72.6 cm³/mol. The highest BCUT2D eigenvalue weighted by molar-refractivity contribution is 5.21. The maximum Gasteiger partial charge on any atom is 0.270 e. The summed E-state index contributed by atoms with van der Waals surface area (Å²) in [5, 5.41) is 3.30. The highest BCUT2D eigenvalue weighted by Gasteiger charge is 2.16. The molecule has 3 nitrogen and oxygen atoms in total. The summed E-state index contributed by atoms with van der Waals surface area (Å²) in [5.74, 6) is 0.796. The Morgan fingerprint density at radius 1 is 1.24 bits per heavy atom.